The molecule has 4 nitrogen and oxygen atoms in total. The summed E-state index contributed by atoms with van der Waals surface area (Å²) in [6.07, 6.45) is 6.19. The predicted molar refractivity (Wildman–Crippen MR) is 93.3 cm³/mol. The van der Waals surface area contributed by atoms with Crippen molar-refractivity contribution in [1.29, 1.82) is 0 Å². The number of fused-ring (bicyclic) bond motifs is 3. The van der Waals surface area contributed by atoms with E-state index < -0.39 is 0 Å². The van der Waals surface area contributed by atoms with E-state index in [-0.39, 0.29) is 11.7 Å². The molecule has 1 aliphatic rings. The van der Waals surface area contributed by atoms with Gasteiger partial charge in [-0.05, 0) is 25.0 Å². The maximum absolute atomic E-state index is 12.9. The molecule has 0 N–H and O–H groups in total. The van der Waals surface area contributed by atoms with Gasteiger partial charge in [0.1, 0.15) is 11.0 Å². The van der Waals surface area contributed by atoms with Crippen LogP contribution in [0.15, 0.2) is 36.4 Å². The molecule has 0 atom stereocenters. The molecule has 0 radical (unpaired) electrons. The Hall–Kier alpha value is -2.62. The molecular weight excluding hydrogens is 300 g/mol. The van der Waals surface area contributed by atoms with Crippen LogP contribution in [0.1, 0.15) is 52.8 Å². The molecule has 1 aliphatic carbocycles. The molecule has 0 spiro atoms. The number of carbonyl (C=O) groups excluding carboxylic acids is 2. The number of hydrogen-bond donors (Lipinski definition) is 0. The molecular formula is C20H18N2O2. The van der Waals surface area contributed by atoms with Crippen molar-refractivity contribution < 1.29 is 9.59 Å². The summed E-state index contributed by atoms with van der Waals surface area (Å²) in [5.74, 6) is 0.281. The van der Waals surface area contributed by atoms with Crippen LogP contribution >= 0.6 is 0 Å². The average molecular weight is 318 g/mol. The minimum atomic E-state index is 0.100. The summed E-state index contributed by atoms with van der Waals surface area (Å²) in [6.45, 7) is 0. The third-order valence-corrected chi connectivity index (χ3v) is 5.01. The molecule has 4 rings (SSSR count). The van der Waals surface area contributed by atoms with Crippen LogP contribution in [0.4, 0.5) is 0 Å². The number of ketones is 1. The molecule has 0 amide bonds. The van der Waals surface area contributed by atoms with Crippen molar-refractivity contribution in [2.24, 2.45) is 5.92 Å². The van der Waals surface area contributed by atoms with Gasteiger partial charge < -0.3 is 0 Å². The summed E-state index contributed by atoms with van der Waals surface area (Å²) < 4.78 is 0. The zero-order chi connectivity index (χ0) is 16.5. The third kappa shape index (κ3) is 2.39. The Morgan fingerprint density at radius 3 is 2.33 bits per heavy atom. The molecule has 24 heavy (non-hydrogen) atoms. The summed E-state index contributed by atoms with van der Waals surface area (Å²) >= 11 is 0. The van der Waals surface area contributed by atoms with Crippen LogP contribution in [0.5, 0.6) is 0 Å². The van der Waals surface area contributed by atoms with Crippen LogP contribution in [0.25, 0.3) is 21.8 Å². The van der Waals surface area contributed by atoms with Crippen molar-refractivity contribution in [3.63, 3.8) is 0 Å². The Kier molecular flexibility index (Phi) is 3.81. The summed E-state index contributed by atoms with van der Waals surface area (Å²) in [5.41, 5.74) is 2.40. The topological polar surface area (TPSA) is 59.9 Å². The van der Waals surface area contributed by atoms with Crippen molar-refractivity contribution in [3.8, 4) is 0 Å². The number of carbonyl (C=O) groups is 2. The van der Waals surface area contributed by atoms with E-state index in [0.717, 1.165) is 42.7 Å². The van der Waals surface area contributed by atoms with Gasteiger partial charge in [-0.1, -0.05) is 43.5 Å². The van der Waals surface area contributed by atoms with Crippen LogP contribution in [-0.2, 0) is 0 Å². The van der Waals surface area contributed by atoms with Crippen molar-refractivity contribution in [2.75, 3.05) is 0 Å². The first kappa shape index (κ1) is 14.9. The number of Topliss-reactive ketones (excluding diaryl/α,β-unsaturated/α-hetero) is 1. The second-order valence-electron chi connectivity index (χ2n) is 6.46. The van der Waals surface area contributed by atoms with E-state index in [2.05, 4.69) is 10.2 Å². The van der Waals surface area contributed by atoms with Gasteiger partial charge >= 0.3 is 0 Å². The molecule has 1 fully saturated rings. The maximum atomic E-state index is 12.9. The second kappa shape index (κ2) is 6.11. The minimum Gasteiger partial charge on any atom is -0.298 e. The van der Waals surface area contributed by atoms with E-state index >= 15 is 0 Å². The zero-order valence-electron chi connectivity index (χ0n) is 13.4. The molecule has 1 aromatic heterocycles. The quantitative estimate of drug-likeness (QED) is 0.409. The molecule has 0 bridgehead atoms. The largest absolute Gasteiger partial charge is 0.298 e. The lowest BCUT2D eigenvalue weighted by molar-refractivity contribution is 0.0891. The van der Waals surface area contributed by atoms with E-state index in [1.165, 1.54) is 6.42 Å². The maximum Gasteiger partial charge on any atom is 0.168 e. The summed E-state index contributed by atoms with van der Waals surface area (Å²) in [6, 6.07) is 11.2. The van der Waals surface area contributed by atoms with Crippen molar-refractivity contribution in [2.45, 2.75) is 32.1 Å². The van der Waals surface area contributed by atoms with Gasteiger partial charge in [0.2, 0.25) is 0 Å². The van der Waals surface area contributed by atoms with Gasteiger partial charge in [-0.15, -0.1) is 10.2 Å². The van der Waals surface area contributed by atoms with Crippen LogP contribution in [-0.4, -0.2) is 22.3 Å². The molecule has 2 aromatic carbocycles. The van der Waals surface area contributed by atoms with E-state index in [9.17, 15) is 9.59 Å². The summed E-state index contributed by atoms with van der Waals surface area (Å²) in [4.78, 5) is 24.2. The van der Waals surface area contributed by atoms with Gasteiger partial charge in [-0.3, -0.25) is 9.59 Å². The van der Waals surface area contributed by atoms with Crippen molar-refractivity contribution in [3.05, 3.63) is 47.5 Å². The Morgan fingerprint density at radius 1 is 0.917 bits per heavy atom. The van der Waals surface area contributed by atoms with Gasteiger partial charge in [0.15, 0.2) is 12.1 Å². The van der Waals surface area contributed by atoms with Gasteiger partial charge in [-0.2, -0.15) is 0 Å². The van der Waals surface area contributed by atoms with Crippen molar-refractivity contribution >= 4 is 33.9 Å². The molecule has 4 heteroatoms. The van der Waals surface area contributed by atoms with E-state index in [4.69, 9.17) is 0 Å². The van der Waals surface area contributed by atoms with Crippen LogP contribution in [0, 0.1) is 5.92 Å². The standard InChI is InChI=1S/C20H18N2O2/c23-12-14-8-4-9-15-16-10-5-11-17(19(16)22-21-18(14)15)20(24)13-6-2-1-3-7-13/h4-5,8-13H,1-3,6-7H2. The molecule has 0 saturated heterocycles. The minimum absolute atomic E-state index is 0.100. The Balaban J connectivity index is 1.90. The van der Waals surface area contributed by atoms with E-state index in [0.29, 0.717) is 22.2 Å². The number of benzene rings is 2. The molecule has 1 saturated carbocycles. The summed E-state index contributed by atoms with van der Waals surface area (Å²) in [5, 5.41) is 10.3. The highest BCUT2D eigenvalue weighted by Crippen LogP contribution is 2.31. The lowest BCUT2D eigenvalue weighted by Crippen LogP contribution is -2.18. The molecule has 3 aromatic rings. The van der Waals surface area contributed by atoms with Crippen molar-refractivity contribution in [1.82, 2.24) is 10.2 Å². The number of aromatic nitrogens is 2. The van der Waals surface area contributed by atoms with Gasteiger partial charge in [0, 0.05) is 27.8 Å². The first-order chi connectivity index (χ1) is 11.8. The highest BCUT2D eigenvalue weighted by Gasteiger charge is 2.24. The van der Waals surface area contributed by atoms with Gasteiger partial charge in [0.25, 0.3) is 0 Å². The number of hydrogen-bond acceptors (Lipinski definition) is 4. The molecule has 120 valence electrons. The van der Waals surface area contributed by atoms with Crippen LogP contribution in [0.3, 0.4) is 0 Å². The number of rotatable bonds is 3. The monoisotopic (exact) mass is 318 g/mol. The van der Waals surface area contributed by atoms with Gasteiger partial charge in [0.05, 0.1) is 0 Å². The predicted octanol–water partition coefficient (Wildman–Crippen LogP) is 4.36. The molecule has 1 heterocycles. The smallest absolute Gasteiger partial charge is 0.168 e. The van der Waals surface area contributed by atoms with Crippen LogP contribution < -0.4 is 0 Å². The average Bonchev–Trinajstić information content (AvgIpc) is 2.66. The first-order valence-electron chi connectivity index (χ1n) is 8.47. The number of nitrogens with zero attached hydrogens (tertiary/aromatic N) is 2. The number of aldehydes is 1. The second-order valence-corrected chi connectivity index (χ2v) is 6.46. The molecule has 0 aliphatic heterocycles. The Morgan fingerprint density at radius 2 is 1.58 bits per heavy atom. The SMILES string of the molecule is O=Cc1cccc2c1nnc1c(C(=O)C3CCCCC3)cccc12. The fourth-order valence-electron chi connectivity index (χ4n) is 3.74. The fourth-order valence-corrected chi connectivity index (χ4v) is 3.74. The van der Waals surface area contributed by atoms with Gasteiger partial charge in [-0.25, -0.2) is 0 Å². The first-order valence-corrected chi connectivity index (χ1v) is 8.47. The third-order valence-electron chi connectivity index (χ3n) is 5.01. The zero-order valence-corrected chi connectivity index (χ0v) is 13.4. The lowest BCUT2D eigenvalue weighted by atomic mass is 9.83. The van der Waals surface area contributed by atoms with E-state index in [1.807, 2.05) is 30.3 Å². The van der Waals surface area contributed by atoms with E-state index in [1.54, 1.807) is 6.07 Å². The highest BCUT2D eigenvalue weighted by atomic mass is 16.1. The highest BCUT2D eigenvalue weighted by molar-refractivity contribution is 6.15. The Labute approximate surface area is 139 Å². The normalized spacial score (nSPS) is 15.7. The summed E-state index contributed by atoms with van der Waals surface area (Å²) in [7, 11) is 0. The lowest BCUT2D eigenvalue weighted by Gasteiger charge is -2.20. The Bertz CT molecular complexity index is 943. The molecule has 0 unspecified atom stereocenters. The van der Waals surface area contributed by atoms with Crippen LogP contribution in [0.2, 0.25) is 0 Å². The fraction of sp³-hybridized carbons (Fsp3) is 0.300.